The van der Waals surface area contributed by atoms with Gasteiger partial charge in [0.1, 0.15) is 36.6 Å². The molecule has 0 aliphatic heterocycles. The van der Waals surface area contributed by atoms with Crippen molar-refractivity contribution in [2.45, 2.75) is 200 Å². The van der Waals surface area contributed by atoms with Crippen molar-refractivity contribution in [1.29, 1.82) is 0 Å². The van der Waals surface area contributed by atoms with Crippen molar-refractivity contribution < 1.29 is 33.8 Å². The van der Waals surface area contributed by atoms with Crippen molar-refractivity contribution >= 4 is 75.7 Å². The number of hydrogen-bond acceptors (Lipinski definition) is 0. The average Bonchev–Trinajstić information content (AvgIpc) is 1.48. The zero-order valence-corrected chi connectivity index (χ0v) is 76.5. The predicted molar refractivity (Wildman–Crippen MR) is 517 cm³/mol. The first-order chi connectivity index (χ1) is 61.8. The molecule has 0 saturated carbocycles. The van der Waals surface area contributed by atoms with Gasteiger partial charge in [-0.15, -0.1) is 0 Å². The van der Waals surface area contributed by atoms with Crippen LogP contribution in [0.1, 0.15) is 201 Å². The Hall–Kier alpha value is -11.7. The molecule has 0 spiro atoms. The number of para-hydroxylation sites is 1. The topological polar surface area (TPSA) is 24.3 Å². The number of benzene rings is 11. The van der Waals surface area contributed by atoms with Gasteiger partial charge >= 0.3 is 0 Å². The second-order valence-electron chi connectivity index (χ2n) is 36.3. The third kappa shape index (κ3) is 16.0. The molecule has 0 atom stereocenters. The van der Waals surface area contributed by atoms with E-state index in [1.165, 1.54) is 180 Å². The molecule has 122 heavy (non-hydrogen) atoms. The molecule has 0 saturated heterocycles. The van der Waals surface area contributed by atoms with E-state index in [1.807, 2.05) is 57.0 Å². The van der Waals surface area contributed by atoms with Crippen LogP contribution in [0.25, 0.3) is 132 Å². The molecule has 0 fully saturated rings. The second-order valence-corrected chi connectivity index (χ2v) is 36.3. The Morgan fingerprint density at radius 3 is 1.25 bits per heavy atom. The molecule has 6 aromatic heterocycles. The number of pyridine rings is 5. The lowest BCUT2D eigenvalue weighted by Gasteiger charge is -2.14. The predicted octanol–water partition coefficient (Wildman–Crippen LogP) is 26.8. The fourth-order valence-corrected chi connectivity index (χ4v) is 19.5. The maximum Gasteiger partial charge on any atom is 0.220 e. The lowest BCUT2D eigenvalue weighted by atomic mass is 9.93. The summed E-state index contributed by atoms with van der Waals surface area (Å²) in [6.45, 7) is 38.6. The highest BCUT2D eigenvalue weighted by molar-refractivity contribution is 6.10. The van der Waals surface area contributed by atoms with E-state index in [1.54, 1.807) is 6.07 Å². The zero-order valence-electron chi connectivity index (χ0n) is 84.5. The van der Waals surface area contributed by atoms with Gasteiger partial charge in [0.05, 0.1) is 53.2 Å². The van der Waals surface area contributed by atoms with Crippen molar-refractivity contribution in [3.8, 4) is 56.3 Å². The summed E-state index contributed by atoms with van der Waals surface area (Å²) in [6.07, 6.45) is 10.6. The Morgan fingerprint density at radius 2 is 0.738 bits per heavy atom. The van der Waals surface area contributed by atoms with Gasteiger partial charge < -0.3 is 4.57 Å². The summed E-state index contributed by atoms with van der Waals surface area (Å²) in [5, 5.41) is 13.4. The molecule has 20 rings (SSSR count). The fraction of sp³-hybridized carbons (Fsp3) is 0.302. The van der Waals surface area contributed by atoms with Crippen LogP contribution in [0, 0.1) is 83.1 Å². The van der Waals surface area contributed by atoms with Gasteiger partial charge in [-0.25, -0.2) is 4.57 Å². The summed E-state index contributed by atoms with van der Waals surface area (Å²) >= 11 is 0. The SMILES string of the molecule is [2H]c1c(C)[n+](C)c(-c2cc(C)ccc2C)c2cc(C(C)C)ccc12.[2H]c1c(C)[n+](C)c(-c2cc3c(cc2C)c2ccccc2n3C(C)C)c2cc3c(cc12)CCC3.[2H]c1c(C)[n+](C)c(-c2ccccc2C)c2cc(C(C)C)ccc12.[2H]c1c([2H])[n+](C)c(-c2cc(C)cc(C)c2C)c2cc3c(cc12)CCC3.[2H]c1cc([2H])c(C)c(-c2c3cc4c(cc3c([2H])c(C)[n+]2C)CCC4)c1. The van der Waals surface area contributed by atoms with E-state index in [-0.39, 0.29) is 6.17 Å². The van der Waals surface area contributed by atoms with Crippen LogP contribution in [-0.2, 0) is 73.8 Å². The van der Waals surface area contributed by atoms with E-state index in [0.717, 1.165) is 122 Å². The Morgan fingerprint density at radius 1 is 0.303 bits per heavy atom. The number of aryl methyl sites for hydroxylation is 12. The molecule has 3 aliphatic carbocycles. The van der Waals surface area contributed by atoms with Gasteiger partial charge in [0.2, 0.25) is 28.5 Å². The smallest absolute Gasteiger partial charge is 0.220 e. The summed E-state index contributed by atoms with van der Waals surface area (Å²) in [5.41, 5.74) is 38.8. The molecule has 616 valence electrons. The van der Waals surface area contributed by atoms with Crippen LogP contribution in [0.4, 0.5) is 0 Å². The monoisotopic (exact) mass is 1610 g/mol. The highest BCUT2D eigenvalue weighted by Gasteiger charge is 2.29. The Bertz CT molecular complexity index is 7380. The van der Waals surface area contributed by atoms with E-state index in [4.69, 9.17) is 11.0 Å². The summed E-state index contributed by atoms with van der Waals surface area (Å²) in [7, 11) is 10.2. The van der Waals surface area contributed by atoms with Gasteiger partial charge in [0.15, 0.2) is 28.9 Å². The van der Waals surface area contributed by atoms with Crippen molar-refractivity contribution in [1.82, 2.24) is 4.57 Å². The number of nitrogens with zero attached hydrogens (tertiary/aromatic N) is 6. The van der Waals surface area contributed by atoms with Gasteiger partial charge in [0.25, 0.3) is 0 Å². The van der Waals surface area contributed by atoms with E-state index >= 15 is 0 Å². The largest absolute Gasteiger partial charge is 0.338 e. The van der Waals surface area contributed by atoms with E-state index in [0.29, 0.717) is 60.2 Å². The third-order valence-corrected chi connectivity index (χ3v) is 26.9. The van der Waals surface area contributed by atoms with Crippen molar-refractivity contribution in [3.05, 3.63) is 336 Å². The fourth-order valence-electron chi connectivity index (χ4n) is 19.5. The molecule has 3 aliphatic rings. The average molecular weight is 1610 g/mol. The quantitative estimate of drug-likeness (QED) is 0.135. The molecular weight excluding hydrogens is 1480 g/mol. The maximum atomic E-state index is 8.87. The standard InChI is InChI=1S/C30H31N2.C22H24N.C22H26N.C21H22N.C21H24N/c1-18(2)32-28-12-7-6-11-24(28)27-13-19(3)25(17-29(27)32)30-26-16-22-10-8-9-21(22)15-23(26)14-20(4)31(30)5;1-14-10-15(2)16(3)20(11-14)22-21-13-18-7-5-6-17(18)12-19(21)8-9-23(22)4;1-14(2)18-9-10-19-12-17(5)23(6)22(21(19)13-18)20-11-15(3)7-8-16(20)4;1-14-7-4-5-10-19(14)21-20-13-17-9-6-8-16(17)12-18(20)11-15(2)22(21)3;1-14(2)17-10-11-18-12-16(4)22(5)21(20(18)13-17)19-9-7-6-8-15(19)3/h6-7,11-18H,8-10H2,1-5H3;8-13H,5-7H2,1-4H3;7-14H,1-6H3;4-5,7,10-13H,6,8-9H2,1-3H3;6-14H,1-5H3/q5*+1/i14D;8D,9D;12D;5D,7D,11D;12D. The molecule has 6 heterocycles. The second kappa shape index (κ2) is 34.3. The number of aromatic nitrogens is 6. The normalized spacial score (nSPS) is 13.7. The minimum atomic E-state index is 0.277. The first kappa shape index (κ1) is 74.1. The van der Waals surface area contributed by atoms with Crippen LogP contribution in [0.3, 0.4) is 0 Å². The Balaban J connectivity index is 0.000000120. The van der Waals surface area contributed by atoms with Crippen LogP contribution in [0.2, 0.25) is 0 Å². The van der Waals surface area contributed by atoms with Crippen LogP contribution >= 0.6 is 0 Å². The van der Waals surface area contributed by atoms with E-state index < -0.39 is 0 Å². The molecule has 6 heteroatoms. The van der Waals surface area contributed by atoms with Crippen molar-refractivity contribution in [2.24, 2.45) is 35.2 Å². The summed E-state index contributed by atoms with van der Waals surface area (Å²) in [4.78, 5) is 0. The Kier molecular flexibility index (Phi) is 20.8. The van der Waals surface area contributed by atoms with Crippen molar-refractivity contribution in [2.75, 3.05) is 0 Å². The van der Waals surface area contributed by atoms with Crippen LogP contribution in [-0.4, -0.2) is 4.57 Å². The van der Waals surface area contributed by atoms with Gasteiger partial charge in [-0.3, -0.25) is 0 Å². The number of hydrogen-bond donors (Lipinski definition) is 0. The van der Waals surface area contributed by atoms with Crippen molar-refractivity contribution in [3.63, 3.8) is 0 Å². The summed E-state index contributed by atoms with van der Waals surface area (Å²) in [5.74, 6) is 0.951. The summed E-state index contributed by atoms with van der Waals surface area (Å²) < 4.78 is 80.7. The van der Waals surface area contributed by atoms with Gasteiger partial charge in [-0.2, -0.15) is 18.3 Å². The molecule has 0 bridgehead atoms. The van der Waals surface area contributed by atoms with Crippen LogP contribution < -0.4 is 22.8 Å². The molecule has 0 N–H and O–H groups in total. The molecular formula is C116H127N6+5. The third-order valence-electron chi connectivity index (χ3n) is 26.9. The molecule has 0 radical (unpaired) electrons. The van der Waals surface area contributed by atoms with Crippen LogP contribution in [0.5, 0.6) is 0 Å². The first-order valence-electron chi connectivity index (χ1n) is 48.4. The molecule has 11 aromatic carbocycles. The van der Waals surface area contributed by atoms with Gasteiger partial charge in [-0.1, -0.05) is 154 Å². The highest BCUT2D eigenvalue weighted by atomic mass is 15.0. The molecule has 0 unspecified atom stereocenters. The first-order valence-corrected chi connectivity index (χ1v) is 44.4. The lowest BCUT2D eigenvalue weighted by molar-refractivity contribution is -0.665. The lowest BCUT2D eigenvalue weighted by Crippen LogP contribution is -2.35. The highest BCUT2D eigenvalue weighted by Crippen LogP contribution is 2.42. The molecule has 0 amide bonds. The van der Waals surface area contributed by atoms with E-state index in [2.05, 4.69) is 300 Å². The number of fused-ring (bicyclic) bond motifs is 11. The minimum Gasteiger partial charge on any atom is -0.338 e. The molecule has 17 aromatic rings. The summed E-state index contributed by atoms with van der Waals surface area (Å²) in [6, 6.07) is 67.0. The zero-order chi connectivity index (χ0) is 93.1. The Labute approximate surface area is 737 Å². The molecule has 6 nitrogen and oxygen atoms in total. The van der Waals surface area contributed by atoms with E-state index in [9.17, 15) is 0 Å². The minimum absolute atomic E-state index is 0.277. The number of rotatable bonds is 8. The van der Waals surface area contributed by atoms with Gasteiger partial charge in [-0.05, 0) is 316 Å². The van der Waals surface area contributed by atoms with Gasteiger partial charge in [0, 0.05) is 96.9 Å². The maximum absolute atomic E-state index is 8.87. The van der Waals surface area contributed by atoms with Crippen LogP contribution in [0.15, 0.2) is 224 Å².